The maximum absolute atomic E-state index is 13.4. The highest BCUT2D eigenvalue weighted by molar-refractivity contribution is 5.74. The van der Waals surface area contributed by atoms with Crippen LogP contribution in [-0.4, -0.2) is 31.4 Å². The second-order valence-corrected chi connectivity index (χ2v) is 7.32. The van der Waals surface area contributed by atoms with Crippen LogP contribution < -0.4 is 0 Å². The molecule has 0 amide bonds. The van der Waals surface area contributed by atoms with E-state index in [1.54, 1.807) is 24.3 Å². The van der Waals surface area contributed by atoms with Crippen molar-refractivity contribution >= 4 is 5.97 Å². The zero-order chi connectivity index (χ0) is 19.7. The number of rotatable bonds is 5. The molecule has 2 aromatic carbocycles. The topological polar surface area (TPSA) is 44.8 Å². The molecular weight excluding hydrogens is 366 g/mol. The van der Waals surface area contributed by atoms with Crippen molar-refractivity contribution < 1.29 is 27.8 Å². The van der Waals surface area contributed by atoms with Crippen LogP contribution in [0.1, 0.15) is 36.5 Å². The molecule has 28 heavy (non-hydrogen) atoms. The van der Waals surface area contributed by atoms with E-state index in [4.69, 9.17) is 14.2 Å². The Morgan fingerprint density at radius 2 is 1.57 bits per heavy atom. The molecule has 0 saturated carbocycles. The minimum atomic E-state index is -0.559. The SMILES string of the molecule is COC(=O)[C@@H]1[C@H](OC(c2ccc(F)cc2)c2ccc(F)cc2)C[C@@H]2CC[C@H]1O2. The molecule has 4 atom stereocenters. The predicted octanol–water partition coefficient (Wildman–Crippen LogP) is 4.18. The summed E-state index contributed by atoms with van der Waals surface area (Å²) in [5, 5.41) is 0. The summed E-state index contributed by atoms with van der Waals surface area (Å²) in [5.41, 5.74) is 1.46. The summed E-state index contributed by atoms with van der Waals surface area (Å²) in [6.45, 7) is 0. The summed E-state index contributed by atoms with van der Waals surface area (Å²) < 4.78 is 44.2. The fraction of sp³-hybridized carbons (Fsp3) is 0.409. The molecule has 0 aromatic heterocycles. The molecule has 2 aliphatic heterocycles. The molecule has 0 radical (unpaired) electrons. The van der Waals surface area contributed by atoms with Gasteiger partial charge in [0.25, 0.3) is 0 Å². The smallest absolute Gasteiger partial charge is 0.313 e. The molecule has 0 aliphatic carbocycles. The summed E-state index contributed by atoms with van der Waals surface area (Å²) in [6.07, 6.45) is 1.12. The largest absolute Gasteiger partial charge is 0.469 e. The van der Waals surface area contributed by atoms with Gasteiger partial charge in [0.1, 0.15) is 23.7 Å². The second kappa shape index (κ2) is 7.97. The van der Waals surface area contributed by atoms with E-state index < -0.39 is 18.1 Å². The summed E-state index contributed by atoms with van der Waals surface area (Å²) in [5.74, 6) is -1.57. The number of ether oxygens (including phenoxy) is 3. The predicted molar refractivity (Wildman–Crippen MR) is 97.5 cm³/mol. The van der Waals surface area contributed by atoms with Crippen LogP contribution in [0.5, 0.6) is 0 Å². The van der Waals surface area contributed by atoms with Crippen molar-refractivity contribution in [1.29, 1.82) is 0 Å². The Morgan fingerprint density at radius 1 is 1.00 bits per heavy atom. The number of carbonyl (C=O) groups is 1. The van der Waals surface area contributed by atoms with Crippen molar-refractivity contribution in [2.45, 2.75) is 43.7 Å². The lowest BCUT2D eigenvalue weighted by atomic mass is 9.91. The average Bonchev–Trinajstić information content (AvgIpc) is 3.08. The lowest BCUT2D eigenvalue weighted by Gasteiger charge is -2.37. The van der Waals surface area contributed by atoms with Crippen molar-refractivity contribution in [1.82, 2.24) is 0 Å². The molecular formula is C22H22F2O4. The van der Waals surface area contributed by atoms with Crippen LogP contribution in [-0.2, 0) is 19.0 Å². The molecule has 0 N–H and O–H groups in total. The van der Waals surface area contributed by atoms with E-state index in [9.17, 15) is 13.6 Å². The molecule has 6 heteroatoms. The molecule has 2 aliphatic rings. The number of fused-ring (bicyclic) bond motifs is 2. The molecule has 0 spiro atoms. The van der Waals surface area contributed by atoms with Crippen molar-refractivity contribution in [3.05, 3.63) is 71.3 Å². The van der Waals surface area contributed by atoms with Gasteiger partial charge in [0.15, 0.2) is 0 Å². The molecule has 2 fully saturated rings. The molecule has 2 bridgehead atoms. The van der Waals surface area contributed by atoms with Gasteiger partial charge in [-0.05, 0) is 48.2 Å². The first-order valence-corrected chi connectivity index (χ1v) is 9.45. The maximum atomic E-state index is 13.4. The fourth-order valence-electron chi connectivity index (χ4n) is 4.20. The maximum Gasteiger partial charge on any atom is 0.313 e. The summed E-state index contributed by atoms with van der Waals surface area (Å²) in [4.78, 5) is 12.4. The number of halogens is 2. The Bertz CT molecular complexity index is 776. The first-order valence-electron chi connectivity index (χ1n) is 9.45. The second-order valence-electron chi connectivity index (χ2n) is 7.32. The van der Waals surface area contributed by atoms with Gasteiger partial charge >= 0.3 is 5.97 Å². The van der Waals surface area contributed by atoms with Crippen LogP contribution in [0.3, 0.4) is 0 Å². The minimum absolute atomic E-state index is 0.0537. The fourth-order valence-corrected chi connectivity index (χ4v) is 4.20. The Morgan fingerprint density at radius 3 is 2.11 bits per heavy atom. The summed E-state index contributed by atoms with van der Waals surface area (Å²) >= 11 is 0. The molecule has 4 rings (SSSR count). The molecule has 2 heterocycles. The van der Waals surface area contributed by atoms with Gasteiger partial charge < -0.3 is 14.2 Å². The number of methoxy groups -OCH3 is 1. The van der Waals surface area contributed by atoms with Crippen LogP contribution in [0.25, 0.3) is 0 Å². The van der Waals surface area contributed by atoms with Crippen molar-refractivity contribution in [2.75, 3.05) is 7.11 Å². The van der Waals surface area contributed by atoms with Gasteiger partial charge in [0, 0.05) is 6.42 Å². The van der Waals surface area contributed by atoms with E-state index in [1.165, 1.54) is 31.4 Å². The van der Waals surface area contributed by atoms with E-state index in [0.717, 1.165) is 24.0 Å². The Labute approximate surface area is 162 Å². The van der Waals surface area contributed by atoms with E-state index in [2.05, 4.69) is 0 Å². The third-order valence-corrected chi connectivity index (χ3v) is 5.57. The first-order chi connectivity index (χ1) is 13.5. The van der Waals surface area contributed by atoms with Crippen molar-refractivity contribution in [3.8, 4) is 0 Å². The molecule has 148 valence electrons. The zero-order valence-corrected chi connectivity index (χ0v) is 15.5. The number of esters is 1. The van der Waals surface area contributed by atoms with Crippen molar-refractivity contribution in [2.24, 2.45) is 5.92 Å². The molecule has 2 saturated heterocycles. The number of benzene rings is 2. The highest BCUT2D eigenvalue weighted by Gasteiger charge is 2.48. The van der Waals surface area contributed by atoms with Gasteiger partial charge in [0.05, 0.1) is 25.4 Å². The van der Waals surface area contributed by atoms with E-state index in [1.807, 2.05) is 0 Å². The quantitative estimate of drug-likeness (QED) is 0.721. The van der Waals surface area contributed by atoms with Crippen LogP contribution in [0.4, 0.5) is 8.78 Å². The molecule has 2 aromatic rings. The number of hydrogen-bond donors (Lipinski definition) is 0. The van der Waals surface area contributed by atoms with Crippen LogP contribution in [0.15, 0.2) is 48.5 Å². The lowest BCUT2D eigenvalue weighted by molar-refractivity contribution is -0.176. The van der Waals surface area contributed by atoms with E-state index in [-0.39, 0.29) is 29.8 Å². The first kappa shape index (κ1) is 19.0. The third-order valence-electron chi connectivity index (χ3n) is 5.57. The standard InChI is InChI=1S/C22H22F2O4/c1-26-22(25)20-18-11-10-17(27-18)12-19(20)28-21(13-2-6-15(23)7-3-13)14-4-8-16(24)9-5-14/h2-9,17-21H,10-12H2,1H3/t17-,18+,19+,20-/m0/s1. The van der Waals surface area contributed by atoms with Crippen LogP contribution in [0.2, 0.25) is 0 Å². The van der Waals surface area contributed by atoms with Gasteiger partial charge in [-0.15, -0.1) is 0 Å². The third kappa shape index (κ3) is 3.80. The lowest BCUT2D eigenvalue weighted by Crippen LogP contribution is -2.45. The normalized spacial score (nSPS) is 26.4. The monoisotopic (exact) mass is 388 g/mol. The van der Waals surface area contributed by atoms with Gasteiger partial charge in [-0.3, -0.25) is 4.79 Å². The highest BCUT2D eigenvalue weighted by atomic mass is 19.1. The summed E-state index contributed by atoms with van der Waals surface area (Å²) in [6, 6.07) is 12.0. The van der Waals surface area contributed by atoms with Crippen LogP contribution in [0, 0.1) is 17.6 Å². The van der Waals surface area contributed by atoms with E-state index in [0.29, 0.717) is 6.42 Å². The Kier molecular flexibility index (Phi) is 5.42. The van der Waals surface area contributed by atoms with Crippen LogP contribution >= 0.6 is 0 Å². The molecule has 4 nitrogen and oxygen atoms in total. The van der Waals surface area contributed by atoms with Crippen molar-refractivity contribution in [3.63, 3.8) is 0 Å². The summed E-state index contributed by atoms with van der Waals surface area (Å²) in [7, 11) is 1.36. The Hall–Kier alpha value is -2.31. The average molecular weight is 388 g/mol. The van der Waals surface area contributed by atoms with Gasteiger partial charge in [0.2, 0.25) is 0 Å². The zero-order valence-electron chi connectivity index (χ0n) is 15.5. The van der Waals surface area contributed by atoms with Gasteiger partial charge in [-0.25, -0.2) is 8.78 Å². The van der Waals surface area contributed by atoms with Gasteiger partial charge in [-0.2, -0.15) is 0 Å². The minimum Gasteiger partial charge on any atom is -0.469 e. The molecule has 0 unspecified atom stereocenters. The van der Waals surface area contributed by atoms with E-state index >= 15 is 0 Å². The number of hydrogen-bond acceptors (Lipinski definition) is 4. The Balaban J connectivity index is 1.67. The number of carbonyl (C=O) groups excluding carboxylic acids is 1. The van der Waals surface area contributed by atoms with Gasteiger partial charge in [-0.1, -0.05) is 24.3 Å². The highest BCUT2D eigenvalue weighted by Crippen LogP contribution is 2.41.